The summed E-state index contributed by atoms with van der Waals surface area (Å²) in [6.45, 7) is 4.45. The minimum Gasteiger partial charge on any atom is -0.345 e. The number of carbonyl (C=O) groups is 1. The summed E-state index contributed by atoms with van der Waals surface area (Å²) in [4.78, 5) is 18.6. The number of fused-ring (bicyclic) bond motifs is 1. The molecule has 4 aromatic heterocycles. The highest BCUT2D eigenvalue weighted by atomic mass is 35.5. The molecule has 1 amide bonds. The summed E-state index contributed by atoms with van der Waals surface area (Å²) >= 11 is 7.47. The third kappa shape index (κ3) is 4.22. The van der Waals surface area contributed by atoms with Crippen molar-refractivity contribution in [2.75, 3.05) is 0 Å². The van der Waals surface area contributed by atoms with E-state index in [2.05, 4.69) is 20.5 Å². The van der Waals surface area contributed by atoms with Gasteiger partial charge in [0, 0.05) is 17.5 Å². The highest BCUT2D eigenvalue weighted by molar-refractivity contribution is 7.15. The Kier molecular flexibility index (Phi) is 5.95. The van der Waals surface area contributed by atoms with E-state index in [0.717, 1.165) is 17.4 Å². The van der Waals surface area contributed by atoms with Crippen LogP contribution >= 0.6 is 22.9 Å². The molecule has 0 aliphatic heterocycles. The van der Waals surface area contributed by atoms with Crippen LogP contribution in [0.15, 0.2) is 30.5 Å². The molecule has 0 bridgehead atoms. The molecule has 12 heteroatoms. The Bertz CT molecular complexity index is 1290. The van der Waals surface area contributed by atoms with Gasteiger partial charge in [-0.05, 0) is 31.5 Å². The van der Waals surface area contributed by atoms with Gasteiger partial charge in [0.15, 0.2) is 17.0 Å². The van der Waals surface area contributed by atoms with Gasteiger partial charge >= 0.3 is 6.18 Å². The first-order valence-electron chi connectivity index (χ1n) is 9.76. The van der Waals surface area contributed by atoms with E-state index in [0.29, 0.717) is 26.7 Å². The van der Waals surface area contributed by atoms with Gasteiger partial charge in [-0.1, -0.05) is 18.5 Å². The van der Waals surface area contributed by atoms with Crippen molar-refractivity contribution in [3.63, 3.8) is 0 Å². The fourth-order valence-corrected chi connectivity index (χ4v) is 4.33. The fraction of sp³-hybridized carbons (Fsp3) is 0.300. The molecule has 0 spiro atoms. The SMILES string of the molecule is CCc1ccc(-c2cc(C(F)(F)F)n3nc(C(=O)NCc4c(Cl)cnn4CC)cc3n2)s1. The molecule has 0 saturated heterocycles. The number of nitrogens with one attached hydrogen (secondary N) is 1. The molecule has 0 saturated carbocycles. The van der Waals surface area contributed by atoms with Gasteiger partial charge in [0.25, 0.3) is 5.91 Å². The van der Waals surface area contributed by atoms with Crippen LogP contribution in [0.5, 0.6) is 0 Å². The molecule has 7 nitrogen and oxygen atoms in total. The summed E-state index contributed by atoms with van der Waals surface area (Å²) in [7, 11) is 0. The molecule has 32 heavy (non-hydrogen) atoms. The number of thiophene rings is 1. The number of alkyl halides is 3. The second-order valence-corrected chi connectivity index (χ2v) is 8.46. The number of rotatable bonds is 6. The Labute approximate surface area is 189 Å². The molecule has 0 atom stereocenters. The minimum atomic E-state index is -4.68. The number of carbonyl (C=O) groups excluding carboxylic acids is 1. The number of aromatic nitrogens is 5. The van der Waals surface area contributed by atoms with Gasteiger partial charge in [0.2, 0.25) is 0 Å². The molecule has 1 N–H and O–H groups in total. The number of halogens is 4. The zero-order valence-corrected chi connectivity index (χ0v) is 18.6. The number of hydrogen-bond donors (Lipinski definition) is 1. The summed E-state index contributed by atoms with van der Waals surface area (Å²) in [5.74, 6) is -0.644. The normalized spacial score (nSPS) is 11.9. The lowest BCUT2D eigenvalue weighted by Crippen LogP contribution is -2.25. The Hall–Kier alpha value is -2.92. The number of hydrogen-bond acceptors (Lipinski definition) is 5. The van der Waals surface area contributed by atoms with Gasteiger partial charge in [-0.25, -0.2) is 9.50 Å². The van der Waals surface area contributed by atoms with E-state index >= 15 is 0 Å². The van der Waals surface area contributed by atoms with Crippen LogP contribution in [0.1, 0.15) is 40.6 Å². The highest BCUT2D eigenvalue weighted by Gasteiger charge is 2.35. The largest absolute Gasteiger partial charge is 0.433 e. The van der Waals surface area contributed by atoms with E-state index in [-0.39, 0.29) is 23.6 Å². The first-order valence-corrected chi connectivity index (χ1v) is 11.0. The molecule has 168 valence electrons. The topological polar surface area (TPSA) is 77.1 Å². The van der Waals surface area contributed by atoms with Crippen LogP contribution in [0.3, 0.4) is 0 Å². The van der Waals surface area contributed by atoms with Crippen LogP contribution in [0.25, 0.3) is 16.2 Å². The average Bonchev–Trinajstić information content (AvgIpc) is 3.48. The van der Waals surface area contributed by atoms with Crippen LogP contribution in [0, 0.1) is 0 Å². The van der Waals surface area contributed by atoms with Gasteiger partial charge in [0.1, 0.15) is 0 Å². The number of nitrogens with zero attached hydrogens (tertiary/aromatic N) is 5. The molecule has 0 aromatic carbocycles. The van der Waals surface area contributed by atoms with E-state index in [1.54, 1.807) is 10.7 Å². The van der Waals surface area contributed by atoms with Crippen molar-refractivity contribution in [2.24, 2.45) is 0 Å². The number of amides is 1. The Morgan fingerprint density at radius 3 is 2.69 bits per heavy atom. The Balaban J connectivity index is 1.69. The van der Waals surface area contributed by atoms with Gasteiger partial charge in [0.05, 0.1) is 34.0 Å². The zero-order valence-electron chi connectivity index (χ0n) is 17.1. The lowest BCUT2D eigenvalue weighted by atomic mass is 10.2. The van der Waals surface area contributed by atoms with Crippen molar-refractivity contribution in [1.82, 2.24) is 29.7 Å². The smallest absolute Gasteiger partial charge is 0.345 e. The minimum absolute atomic E-state index is 0.0547. The van der Waals surface area contributed by atoms with Crippen LogP contribution < -0.4 is 5.32 Å². The molecular weight excluding hydrogens is 465 g/mol. The third-order valence-electron chi connectivity index (χ3n) is 4.83. The van der Waals surface area contributed by atoms with Crippen molar-refractivity contribution in [2.45, 2.75) is 39.5 Å². The molecule has 0 aliphatic carbocycles. The quantitative estimate of drug-likeness (QED) is 0.426. The molecule has 4 aromatic rings. The number of aryl methyl sites for hydroxylation is 2. The van der Waals surface area contributed by atoms with E-state index < -0.39 is 17.8 Å². The van der Waals surface area contributed by atoms with Gasteiger partial charge in [-0.3, -0.25) is 9.48 Å². The summed E-state index contributed by atoms with van der Waals surface area (Å²) in [6.07, 6.45) is -2.44. The molecular formula is C20H18ClF3N6OS. The van der Waals surface area contributed by atoms with Crippen molar-refractivity contribution in [1.29, 1.82) is 0 Å². The maximum absolute atomic E-state index is 13.7. The zero-order chi connectivity index (χ0) is 23.0. The monoisotopic (exact) mass is 482 g/mol. The fourth-order valence-electron chi connectivity index (χ4n) is 3.21. The standard InChI is InChI=1S/C20H18ClF3N6OS/c1-3-11-5-6-16(32-11)13-7-17(20(22,23)24)30-18(27-13)8-14(28-30)19(31)25-10-15-12(21)9-26-29(15)4-2/h5-9H,3-4,10H2,1-2H3,(H,25,31). The van der Waals surface area contributed by atoms with Crippen LogP contribution in [0.4, 0.5) is 13.2 Å². The first-order chi connectivity index (χ1) is 15.2. The van der Waals surface area contributed by atoms with Crippen LogP contribution in [0.2, 0.25) is 5.02 Å². The second-order valence-electron chi connectivity index (χ2n) is 6.88. The average molecular weight is 483 g/mol. The maximum Gasteiger partial charge on any atom is 0.433 e. The first kappa shape index (κ1) is 22.3. The Morgan fingerprint density at radius 1 is 1.25 bits per heavy atom. The van der Waals surface area contributed by atoms with Crippen molar-refractivity contribution in [3.8, 4) is 10.6 Å². The lowest BCUT2D eigenvalue weighted by Gasteiger charge is -2.10. The van der Waals surface area contributed by atoms with E-state index in [1.807, 2.05) is 19.9 Å². The summed E-state index contributed by atoms with van der Waals surface area (Å²) in [5, 5.41) is 11.0. The van der Waals surface area contributed by atoms with Crippen molar-refractivity contribution < 1.29 is 18.0 Å². The molecule has 4 rings (SSSR count). The molecule has 4 heterocycles. The summed E-state index contributed by atoms with van der Waals surface area (Å²) in [6, 6.07) is 5.79. The van der Waals surface area contributed by atoms with Gasteiger partial charge < -0.3 is 5.32 Å². The lowest BCUT2D eigenvalue weighted by molar-refractivity contribution is -0.142. The molecule has 0 radical (unpaired) electrons. The predicted octanol–water partition coefficient (Wildman–Crippen LogP) is 4.84. The highest BCUT2D eigenvalue weighted by Crippen LogP contribution is 2.34. The summed E-state index contributed by atoms with van der Waals surface area (Å²) < 4.78 is 43.5. The Morgan fingerprint density at radius 2 is 2.03 bits per heavy atom. The second kappa shape index (κ2) is 8.55. The predicted molar refractivity (Wildman–Crippen MR) is 115 cm³/mol. The van der Waals surface area contributed by atoms with E-state index in [4.69, 9.17) is 11.6 Å². The van der Waals surface area contributed by atoms with Gasteiger partial charge in [-0.15, -0.1) is 11.3 Å². The summed E-state index contributed by atoms with van der Waals surface area (Å²) in [5.41, 5.74) is -0.482. The van der Waals surface area contributed by atoms with Crippen molar-refractivity contribution in [3.05, 3.63) is 57.4 Å². The maximum atomic E-state index is 13.7. The van der Waals surface area contributed by atoms with Crippen LogP contribution in [-0.4, -0.2) is 30.3 Å². The van der Waals surface area contributed by atoms with Crippen LogP contribution in [-0.2, 0) is 25.7 Å². The van der Waals surface area contributed by atoms with E-state index in [9.17, 15) is 18.0 Å². The van der Waals surface area contributed by atoms with E-state index in [1.165, 1.54) is 23.6 Å². The third-order valence-corrected chi connectivity index (χ3v) is 6.39. The molecule has 0 unspecified atom stereocenters. The van der Waals surface area contributed by atoms with Gasteiger partial charge in [-0.2, -0.15) is 23.4 Å². The van der Waals surface area contributed by atoms with Crippen molar-refractivity contribution >= 4 is 34.5 Å². The molecule has 0 fully saturated rings. The molecule has 0 aliphatic rings.